The molecule has 1 amide bonds. The van der Waals surface area contributed by atoms with Crippen molar-refractivity contribution >= 4 is 46.6 Å². The molecule has 2 aromatic carbocycles. The molecule has 1 N–H and O–H groups in total. The van der Waals surface area contributed by atoms with Gasteiger partial charge in [-0.2, -0.15) is 4.39 Å². The molecule has 2 heterocycles. The number of hydrogen-bond acceptors (Lipinski definition) is 7. The molecule has 1 aromatic heterocycles. The van der Waals surface area contributed by atoms with Crippen molar-refractivity contribution < 1.29 is 14.1 Å². The first-order valence-electron chi connectivity index (χ1n) is 9.76. The molecule has 9 nitrogen and oxygen atoms in total. The van der Waals surface area contributed by atoms with E-state index in [1.54, 1.807) is 6.07 Å². The fourth-order valence-corrected chi connectivity index (χ4v) is 4.34. The lowest BCUT2D eigenvalue weighted by Crippen LogP contribution is -2.22. The SMILES string of the molecule is O=C(CSc1nnc(N2CCCC2)n1-c1ccccc1Cl)Nc1ccc(F)c([N+](=O)[O-])c1. The topological polar surface area (TPSA) is 106 Å². The molecule has 1 aliphatic heterocycles. The van der Waals surface area contributed by atoms with Crippen LogP contribution in [0.25, 0.3) is 5.69 Å². The van der Waals surface area contributed by atoms with Gasteiger partial charge in [0.2, 0.25) is 17.7 Å². The summed E-state index contributed by atoms with van der Waals surface area (Å²) in [6.45, 7) is 1.72. The molecule has 0 radical (unpaired) electrons. The molecule has 0 spiro atoms. The van der Waals surface area contributed by atoms with E-state index in [-0.39, 0.29) is 11.4 Å². The number of nitrogens with one attached hydrogen (secondary N) is 1. The van der Waals surface area contributed by atoms with Crippen LogP contribution in [-0.2, 0) is 4.79 Å². The lowest BCUT2D eigenvalue weighted by atomic mass is 10.2. The minimum Gasteiger partial charge on any atom is -0.341 e. The molecule has 12 heteroatoms. The van der Waals surface area contributed by atoms with E-state index in [0.29, 0.717) is 21.8 Å². The molecule has 3 aromatic rings. The highest BCUT2D eigenvalue weighted by Crippen LogP contribution is 2.32. The van der Waals surface area contributed by atoms with E-state index in [4.69, 9.17) is 11.6 Å². The van der Waals surface area contributed by atoms with Crippen LogP contribution in [0.15, 0.2) is 47.6 Å². The number of para-hydroxylation sites is 1. The fourth-order valence-electron chi connectivity index (χ4n) is 3.38. The number of amides is 1. The highest BCUT2D eigenvalue weighted by molar-refractivity contribution is 7.99. The molecular formula is C20H18ClFN6O3S. The van der Waals surface area contributed by atoms with E-state index < -0.39 is 22.3 Å². The van der Waals surface area contributed by atoms with E-state index in [1.807, 2.05) is 22.8 Å². The summed E-state index contributed by atoms with van der Waals surface area (Å²) in [7, 11) is 0. The van der Waals surface area contributed by atoms with E-state index in [2.05, 4.69) is 20.4 Å². The normalized spacial score (nSPS) is 13.4. The standard InChI is InChI=1S/C20H18ClFN6O3S/c21-14-5-1-2-6-16(14)27-19(26-9-3-4-10-26)24-25-20(27)32-12-18(29)23-13-7-8-15(22)17(11-13)28(30)31/h1-2,5-8,11H,3-4,9-10,12H2,(H,23,29). The average Bonchev–Trinajstić information content (AvgIpc) is 3.43. The largest absolute Gasteiger partial charge is 0.341 e. The lowest BCUT2D eigenvalue weighted by molar-refractivity contribution is -0.387. The van der Waals surface area contributed by atoms with Crippen molar-refractivity contribution in [2.24, 2.45) is 0 Å². The van der Waals surface area contributed by atoms with Crippen molar-refractivity contribution in [3.05, 3.63) is 63.4 Å². The quantitative estimate of drug-likeness (QED) is 0.308. The molecule has 1 saturated heterocycles. The monoisotopic (exact) mass is 476 g/mol. The van der Waals surface area contributed by atoms with Gasteiger partial charge >= 0.3 is 5.69 Å². The first kappa shape index (κ1) is 22.0. The van der Waals surface area contributed by atoms with Gasteiger partial charge in [0, 0.05) is 24.8 Å². The lowest BCUT2D eigenvalue weighted by Gasteiger charge is -2.19. The van der Waals surface area contributed by atoms with Gasteiger partial charge in [0.25, 0.3) is 0 Å². The van der Waals surface area contributed by atoms with Gasteiger partial charge in [-0.05, 0) is 37.1 Å². The van der Waals surface area contributed by atoms with Crippen molar-refractivity contribution in [2.75, 3.05) is 29.1 Å². The molecule has 0 aliphatic carbocycles. The summed E-state index contributed by atoms with van der Waals surface area (Å²) in [6.07, 6.45) is 2.12. The summed E-state index contributed by atoms with van der Waals surface area (Å²) >= 11 is 7.58. The van der Waals surface area contributed by atoms with Crippen LogP contribution >= 0.6 is 23.4 Å². The third-order valence-corrected chi connectivity index (χ3v) is 6.11. The van der Waals surface area contributed by atoms with Gasteiger partial charge in [-0.25, -0.2) is 0 Å². The second-order valence-electron chi connectivity index (χ2n) is 7.02. The third-order valence-electron chi connectivity index (χ3n) is 4.86. The second-order valence-corrected chi connectivity index (χ2v) is 8.37. The van der Waals surface area contributed by atoms with E-state index in [0.717, 1.165) is 49.8 Å². The first-order chi connectivity index (χ1) is 15.4. The van der Waals surface area contributed by atoms with Crippen LogP contribution in [0.2, 0.25) is 5.02 Å². The van der Waals surface area contributed by atoms with Crippen molar-refractivity contribution in [1.29, 1.82) is 0 Å². The molecule has 166 valence electrons. The Morgan fingerprint density at radius 2 is 1.97 bits per heavy atom. The summed E-state index contributed by atoms with van der Waals surface area (Å²) in [5, 5.41) is 23.0. The Morgan fingerprint density at radius 3 is 2.69 bits per heavy atom. The number of nitro groups is 1. The van der Waals surface area contributed by atoms with Crippen LogP contribution in [-0.4, -0.2) is 44.4 Å². The van der Waals surface area contributed by atoms with Gasteiger partial charge < -0.3 is 10.2 Å². The summed E-state index contributed by atoms with van der Waals surface area (Å²) < 4.78 is 15.3. The van der Waals surface area contributed by atoms with Gasteiger partial charge in [-0.15, -0.1) is 10.2 Å². The maximum atomic E-state index is 13.5. The number of aromatic nitrogens is 3. The molecule has 0 bridgehead atoms. The molecular weight excluding hydrogens is 459 g/mol. The molecule has 1 aliphatic rings. The van der Waals surface area contributed by atoms with E-state index in [1.165, 1.54) is 6.07 Å². The second kappa shape index (κ2) is 9.53. The number of thioether (sulfide) groups is 1. The number of nitro benzene ring substituents is 1. The number of carbonyl (C=O) groups excluding carboxylic acids is 1. The van der Waals surface area contributed by atoms with Crippen LogP contribution in [0.5, 0.6) is 0 Å². The summed E-state index contributed by atoms with van der Waals surface area (Å²) in [5.41, 5.74) is 0.135. The Kier molecular flexibility index (Phi) is 6.56. The molecule has 4 rings (SSSR count). The predicted molar refractivity (Wildman–Crippen MR) is 120 cm³/mol. The molecule has 0 saturated carbocycles. The highest BCUT2D eigenvalue weighted by Gasteiger charge is 2.24. The maximum absolute atomic E-state index is 13.5. The first-order valence-corrected chi connectivity index (χ1v) is 11.1. The van der Waals surface area contributed by atoms with Crippen LogP contribution in [0.1, 0.15) is 12.8 Å². The van der Waals surface area contributed by atoms with Crippen molar-refractivity contribution in [3.8, 4) is 5.69 Å². The number of nitrogens with zero attached hydrogens (tertiary/aromatic N) is 5. The highest BCUT2D eigenvalue weighted by atomic mass is 35.5. The predicted octanol–water partition coefficient (Wildman–Crippen LogP) is 4.30. The Hall–Kier alpha value is -3.18. The summed E-state index contributed by atoms with van der Waals surface area (Å²) in [5.74, 6) is -0.766. The zero-order valence-corrected chi connectivity index (χ0v) is 18.3. The minimum atomic E-state index is -0.968. The number of hydrogen-bond donors (Lipinski definition) is 1. The van der Waals surface area contributed by atoms with Crippen molar-refractivity contribution in [1.82, 2.24) is 14.8 Å². The number of anilines is 2. The molecule has 0 atom stereocenters. The smallest absolute Gasteiger partial charge is 0.306 e. The number of rotatable bonds is 7. The van der Waals surface area contributed by atoms with Gasteiger partial charge in [-0.3, -0.25) is 19.5 Å². The molecule has 1 fully saturated rings. The number of halogens is 2. The average molecular weight is 477 g/mol. The van der Waals surface area contributed by atoms with Crippen molar-refractivity contribution in [2.45, 2.75) is 18.0 Å². The Bertz CT molecular complexity index is 1170. The Labute approximate surface area is 191 Å². The minimum absolute atomic E-state index is 0.0340. The van der Waals surface area contributed by atoms with Crippen LogP contribution in [0.4, 0.5) is 21.7 Å². The Balaban J connectivity index is 1.53. The van der Waals surface area contributed by atoms with Crippen LogP contribution < -0.4 is 10.2 Å². The van der Waals surface area contributed by atoms with Gasteiger partial charge in [0.1, 0.15) is 0 Å². The van der Waals surface area contributed by atoms with Crippen LogP contribution in [0.3, 0.4) is 0 Å². The Morgan fingerprint density at radius 1 is 1.22 bits per heavy atom. The van der Waals surface area contributed by atoms with E-state index in [9.17, 15) is 19.3 Å². The van der Waals surface area contributed by atoms with Crippen molar-refractivity contribution in [3.63, 3.8) is 0 Å². The fraction of sp³-hybridized carbons (Fsp3) is 0.250. The molecule has 32 heavy (non-hydrogen) atoms. The van der Waals surface area contributed by atoms with Gasteiger partial charge in [0.15, 0.2) is 5.16 Å². The van der Waals surface area contributed by atoms with E-state index >= 15 is 0 Å². The van der Waals surface area contributed by atoms with Gasteiger partial charge in [-0.1, -0.05) is 35.5 Å². The van der Waals surface area contributed by atoms with Crippen LogP contribution in [0, 0.1) is 15.9 Å². The number of benzene rings is 2. The summed E-state index contributed by atoms with van der Waals surface area (Å²) in [6, 6.07) is 10.5. The molecule has 0 unspecified atom stereocenters. The third kappa shape index (κ3) is 4.68. The zero-order valence-electron chi connectivity index (χ0n) is 16.7. The number of carbonyl (C=O) groups is 1. The zero-order chi connectivity index (χ0) is 22.7. The van der Waals surface area contributed by atoms with Gasteiger partial charge in [0.05, 0.1) is 21.4 Å². The maximum Gasteiger partial charge on any atom is 0.306 e. The summed E-state index contributed by atoms with van der Waals surface area (Å²) in [4.78, 5) is 24.6.